The number of fused-ring (bicyclic) bond motifs is 1. The number of nitrogens with one attached hydrogen (secondary N) is 1. The van der Waals surface area contributed by atoms with Gasteiger partial charge in [-0.05, 0) is 51.5 Å². The van der Waals surface area contributed by atoms with Gasteiger partial charge in [-0.25, -0.2) is 4.68 Å². The van der Waals surface area contributed by atoms with Gasteiger partial charge in [0.2, 0.25) is 0 Å². The van der Waals surface area contributed by atoms with Crippen molar-refractivity contribution in [1.29, 1.82) is 0 Å². The molecule has 5 nitrogen and oxygen atoms in total. The summed E-state index contributed by atoms with van der Waals surface area (Å²) >= 11 is 0. The third-order valence-corrected chi connectivity index (χ3v) is 5.29. The molecule has 3 aromatic rings. The molecule has 0 aliphatic rings. The van der Waals surface area contributed by atoms with Crippen LogP contribution in [0, 0.1) is 0 Å². The van der Waals surface area contributed by atoms with Crippen LogP contribution >= 0.6 is 0 Å². The molecule has 30 heavy (non-hydrogen) atoms. The van der Waals surface area contributed by atoms with E-state index in [0.29, 0.717) is 13.0 Å². The van der Waals surface area contributed by atoms with Gasteiger partial charge in [0.05, 0.1) is 43.4 Å². The monoisotopic (exact) mass is 429 g/mol. The summed E-state index contributed by atoms with van der Waals surface area (Å²) in [6, 6.07) is 15.9. The number of rotatable bonds is 9. The number of aromatic nitrogens is 2. The highest BCUT2D eigenvalue weighted by molar-refractivity contribution is 5.83. The standard InChI is InChI=1S/C24H31N3O2.ClH/c1-5-26(6-2)15-16-27-24(28)22-10-8-7-9-21(22)23(25-27)17-19-11-13-20(14-12-19)29-18(3)4;/h7-14,18H,5-6,15-17H2,1-4H3;1H. The van der Waals surface area contributed by atoms with Gasteiger partial charge in [-0.2, -0.15) is 5.10 Å². The molecule has 0 unspecified atom stereocenters. The lowest BCUT2D eigenvalue weighted by molar-refractivity contribution is -0.897. The average Bonchev–Trinajstić information content (AvgIpc) is 2.72. The van der Waals surface area contributed by atoms with E-state index in [4.69, 9.17) is 9.84 Å². The molecule has 1 N–H and O–H groups in total. The summed E-state index contributed by atoms with van der Waals surface area (Å²) in [5, 5.41) is 6.45. The number of nitrogens with zero attached hydrogens (tertiary/aromatic N) is 2. The molecule has 0 aliphatic carbocycles. The largest absolute Gasteiger partial charge is 1.00 e. The van der Waals surface area contributed by atoms with Gasteiger partial charge in [0.25, 0.3) is 5.56 Å². The smallest absolute Gasteiger partial charge is 0.274 e. The van der Waals surface area contributed by atoms with E-state index in [1.165, 1.54) is 4.90 Å². The Morgan fingerprint density at radius 3 is 2.23 bits per heavy atom. The summed E-state index contributed by atoms with van der Waals surface area (Å²) < 4.78 is 7.39. The predicted octanol–water partition coefficient (Wildman–Crippen LogP) is -0.297. The van der Waals surface area contributed by atoms with Crippen molar-refractivity contribution in [1.82, 2.24) is 9.78 Å². The molecule has 0 amide bonds. The minimum atomic E-state index is -0.00316. The van der Waals surface area contributed by atoms with E-state index in [1.807, 2.05) is 50.2 Å². The number of quaternary nitrogens is 1. The number of hydrogen-bond donors (Lipinski definition) is 1. The third-order valence-electron chi connectivity index (χ3n) is 5.29. The van der Waals surface area contributed by atoms with E-state index in [0.717, 1.165) is 47.4 Å². The molecule has 3 rings (SSSR count). The number of hydrogen-bond acceptors (Lipinski definition) is 3. The second kappa shape index (κ2) is 11.1. The second-order valence-corrected chi connectivity index (χ2v) is 7.72. The molecule has 0 saturated heterocycles. The molecular formula is C24H32ClN3O2. The van der Waals surface area contributed by atoms with E-state index in [-0.39, 0.29) is 24.1 Å². The SMILES string of the molecule is CC[NH+](CC)CCn1nc(Cc2ccc(OC(C)C)cc2)c2ccccc2c1=O.[Cl-]. The highest BCUT2D eigenvalue weighted by Gasteiger charge is 2.13. The van der Waals surface area contributed by atoms with Gasteiger partial charge in [0.15, 0.2) is 0 Å². The van der Waals surface area contributed by atoms with Crippen LogP contribution in [0.4, 0.5) is 0 Å². The summed E-state index contributed by atoms with van der Waals surface area (Å²) in [4.78, 5) is 14.4. The first-order valence-electron chi connectivity index (χ1n) is 10.6. The Kier molecular flexibility index (Phi) is 8.88. The van der Waals surface area contributed by atoms with Crippen molar-refractivity contribution in [2.75, 3.05) is 19.6 Å². The quantitative estimate of drug-likeness (QED) is 0.508. The van der Waals surface area contributed by atoms with Gasteiger partial charge in [0.1, 0.15) is 5.75 Å². The predicted molar refractivity (Wildman–Crippen MR) is 118 cm³/mol. The van der Waals surface area contributed by atoms with Crippen molar-refractivity contribution in [3.05, 3.63) is 70.1 Å². The van der Waals surface area contributed by atoms with Gasteiger partial charge < -0.3 is 22.0 Å². The molecule has 1 heterocycles. The Morgan fingerprint density at radius 1 is 1.00 bits per heavy atom. The molecule has 0 spiro atoms. The normalized spacial score (nSPS) is 11.1. The zero-order chi connectivity index (χ0) is 20.8. The summed E-state index contributed by atoms with van der Waals surface area (Å²) in [6.45, 7) is 12.0. The molecule has 2 aromatic carbocycles. The van der Waals surface area contributed by atoms with Crippen LogP contribution in [-0.4, -0.2) is 35.5 Å². The molecule has 0 atom stereocenters. The molecule has 6 heteroatoms. The minimum Gasteiger partial charge on any atom is -1.00 e. The van der Waals surface area contributed by atoms with Crippen LogP contribution in [-0.2, 0) is 13.0 Å². The van der Waals surface area contributed by atoms with Crippen molar-refractivity contribution in [3.8, 4) is 5.75 Å². The van der Waals surface area contributed by atoms with Crippen LogP contribution in [0.25, 0.3) is 10.8 Å². The van der Waals surface area contributed by atoms with E-state index in [2.05, 4.69) is 26.0 Å². The fourth-order valence-electron chi connectivity index (χ4n) is 3.61. The van der Waals surface area contributed by atoms with Crippen molar-refractivity contribution < 1.29 is 22.0 Å². The van der Waals surface area contributed by atoms with E-state index in [9.17, 15) is 4.79 Å². The molecule has 0 aliphatic heterocycles. The Balaban J connectivity index is 0.00000320. The number of ether oxygens (including phenoxy) is 1. The number of benzene rings is 2. The molecule has 0 saturated carbocycles. The van der Waals surface area contributed by atoms with Crippen LogP contribution in [0.15, 0.2) is 53.3 Å². The lowest BCUT2D eigenvalue weighted by Crippen LogP contribution is -3.11. The maximum Gasteiger partial charge on any atom is 0.274 e. The van der Waals surface area contributed by atoms with E-state index < -0.39 is 0 Å². The second-order valence-electron chi connectivity index (χ2n) is 7.72. The first kappa shape index (κ1) is 23.9. The Morgan fingerprint density at radius 2 is 1.63 bits per heavy atom. The zero-order valence-corrected chi connectivity index (χ0v) is 19.1. The van der Waals surface area contributed by atoms with Crippen LogP contribution in [0.1, 0.15) is 39.0 Å². The maximum atomic E-state index is 12.9. The van der Waals surface area contributed by atoms with Crippen LogP contribution in [0.5, 0.6) is 5.75 Å². The van der Waals surface area contributed by atoms with Crippen molar-refractivity contribution in [2.45, 2.75) is 46.8 Å². The number of likely N-dealkylation sites (N-methyl/N-ethyl adjacent to an activating group) is 1. The number of halogens is 1. The van der Waals surface area contributed by atoms with E-state index >= 15 is 0 Å². The Bertz CT molecular complexity index is 995. The van der Waals surface area contributed by atoms with Crippen molar-refractivity contribution >= 4 is 10.8 Å². The van der Waals surface area contributed by atoms with Crippen molar-refractivity contribution in [3.63, 3.8) is 0 Å². The highest BCUT2D eigenvalue weighted by Crippen LogP contribution is 2.19. The van der Waals surface area contributed by atoms with Gasteiger partial charge in [-0.3, -0.25) is 4.79 Å². The first-order chi connectivity index (χ1) is 14.0. The van der Waals surface area contributed by atoms with Crippen LogP contribution in [0.3, 0.4) is 0 Å². The Labute approximate surface area is 185 Å². The minimum absolute atomic E-state index is 0. The van der Waals surface area contributed by atoms with Crippen LogP contribution < -0.4 is 27.6 Å². The zero-order valence-electron chi connectivity index (χ0n) is 18.3. The third kappa shape index (κ3) is 5.83. The maximum absolute atomic E-state index is 12.9. The fourth-order valence-corrected chi connectivity index (χ4v) is 3.61. The summed E-state index contributed by atoms with van der Waals surface area (Å²) in [5.74, 6) is 0.869. The van der Waals surface area contributed by atoms with Gasteiger partial charge in [-0.15, -0.1) is 0 Å². The molecule has 162 valence electrons. The van der Waals surface area contributed by atoms with Crippen molar-refractivity contribution in [2.24, 2.45) is 0 Å². The summed E-state index contributed by atoms with van der Waals surface area (Å²) in [7, 11) is 0. The molecule has 0 radical (unpaired) electrons. The fraction of sp³-hybridized carbons (Fsp3) is 0.417. The topological polar surface area (TPSA) is 48.6 Å². The van der Waals surface area contributed by atoms with Crippen LogP contribution in [0.2, 0.25) is 0 Å². The molecular weight excluding hydrogens is 398 g/mol. The van der Waals surface area contributed by atoms with Gasteiger partial charge in [-0.1, -0.05) is 30.3 Å². The lowest BCUT2D eigenvalue weighted by Gasteiger charge is -2.16. The highest BCUT2D eigenvalue weighted by atomic mass is 35.5. The summed E-state index contributed by atoms with van der Waals surface area (Å²) in [5.41, 5.74) is 2.09. The molecule has 0 fully saturated rings. The molecule has 0 bridgehead atoms. The first-order valence-corrected chi connectivity index (χ1v) is 10.6. The lowest BCUT2D eigenvalue weighted by atomic mass is 10.0. The van der Waals surface area contributed by atoms with Gasteiger partial charge >= 0.3 is 0 Å². The average molecular weight is 430 g/mol. The Hall–Kier alpha value is -2.37. The summed E-state index contributed by atoms with van der Waals surface area (Å²) in [6.07, 6.45) is 0.837. The molecule has 1 aromatic heterocycles. The van der Waals surface area contributed by atoms with E-state index in [1.54, 1.807) is 4.68 Å². The van der Waals surface area contributed by atoms with Gasteiger partial charge in [0, 0.05) is 11.8 Å².